The van der Waals surface area contributed by atoms with Crippen molar-refractivity contribution in [3.8, 4) is 5.75 Å². The molecule has 2 aromatic rings. The second kappa shape index (κ2) is 7.06. The summed E-state index contributed by atoms with van der Waals surface area (Å²) in [6.07, 6.45) is 0. The Bertz CT molecular complexity index is 576. The second-order valence-corrected chi connectivity index (χ2v) is 6.24. The van der Waals surface area contributed by atoms with Crippen LogP contribution >= 0.6 is 23.2 Å². The van der Waals surface area contributed by atoms with Crippen molar-refractivity contribution in [2.24, 2.45) is 5.92 Å². The highest BCUT2D eigenvalue weighted by Crippen LogP contribution is 2.35. The Hall–Kier alpha value is -1.38. The van der Waals surface area contributed by atoms with Crippen LogP contribution in [0.3, 0.4) is 0 Å². The van der Waals surface area contributed by atoms with Gasteiger partial charge >= 0.3 is 0 Å². The summed E-state index contributed by atoms with van der Waals surface area (Å²) in [5.41, 5.74) is 2.11. The molecule has 2 nitrogen and oxygen atoms in total. The van der Waals surface area contributed by atoms with Gasteiger partial charge in [-0.3, -0.25) is 0 Å². The summed E-state index contributed by atoms with van der Waals surface area (Å²) < 4.78 is 0. The lowest BCUT2D eigenvalue weighted by Gasteiger charge is -2.22. The van der Waals surface area contributed by atoms with Gasteiger partial charge in [0, 0.05) is 18.2 Å². The highest BCUT2D eigenvalue weighted by atomic mass is 35.5. The number of anilines is 1. The standard InChI is InChI=1S/C17H19Cl2NO/c1-11(2)14(12-6-4-3-5-7-12)10-20-13-8-15(18)17(21)16(19)9-13/h3-9,11,14,20-21H,10H2,1-2H3. The van der Waals surface area contributed by atoms with Gasteiger partial charge in [0.1, 0.15) is 0 Å². The van der Waals surface area contributed by atoms with Gasteiger partial charge in [-0.15, -0.1) is 0 Å². The van der Waals surface area contributed by atoms with Crippen molar-refractivity contribution in [1.82, 2.24) is 0 Å². The smallest absolute Gasteiger partial charge is 0.152 e. The minimum Gasteiger partial charge on any atom is -0.505 e. The van der Waals surface area contributed by atoms with E-state index in [9.17, 15) is 5.11 Å². The molecular weight excluding hydrogens is 305 g/mol. The molecule has 1 atom stereocenters. The SMILES string of the molecule is CC(C)C(CNc1cc(Cl)c(O)c(Cl)c1)c1ccccc1. The topological polar surface area (TPSA) is 32.3 Å². The van der Waals surface area contributed by atoms with Gasteiger partial charge in [-0.25, -0.2) is 0 Å². The van der Waals surface area contributed by atoms with Gasteiger partial charge in [0.25, 0.3) is 0 Å². The number of rotatable bonds is 5. The van der Waals surface area contributed by atoms with E-state index in [0.29, 0.717) is 11.8 Å². The van der Waals surface area contributed by atoms with Crippen LogP contribution in [0.15, 0.2) is 42.5 Å². The number of hydrogen-bond donors (Lipinski definition) is 2. The van der Waals surface area contributed by atoms with Crippen molar-refractivity contribution in [1.29, 1.82) is 0 Å². The minimum absolute atomic E-state index is 0.0765. The maximum Gasteiger partial charge on any atom is 0.152 e. The molecule has 0 saturated heterocycles. The van der Waals surface area contributed by atoms with Gasteiger partial charge in [-0.1, -0.05) is 67.4 Å². The largest absolute Gasteiger partial charge is 0.505 e. The molecule has 0 saturated carbocycles. The van der Waals surface area contributed by atoms with Crippen LogP contribution in [0.1, 0.15) is 25.3 Å². The Morgan fingerprint density at radius 1 is 1.05 bits per heavy atom. The van der Waals surface area contributed by atoms with E-state index in [0.717, 1.165) is 12.2 Å². The molecule has 0 radical (unpaired) electrons. The second-order valence-electron chi connectivity index (χ2n) is 5.43. The predicted molar refractivity (Wildman–Crippen MR) is 90.6 cm³/mol. The quantitative estimate of drug-likeness (QED) is 0.707. The van der Waals surface area contributed by atoms with Crippen molar-refractivity contribution in [3.05, 3.63) is 58.1 Å². The highest BCUT2D eigenvalue weighted by Gasteiger charge is 2.16. The lowest BCUT2D eigenvalue weighted by Crippen LogP contribution is -2.17. The van der Waals surface area contributed by atoms with Gasteiger partial charge in [0.2, 0.25) is 0 Å². The molecule has 2 aromatic carbocycles. The van der Waals surface area contributed by atoms with Crippen LogP contribution in [0.25, 0.3) is 0 Å². The third kappa shape index (κ3) is 4.05. The molecule has 0 aliphatic carbocycles. The number of phenolic OH excluding ortho intramolecular Hbond substituents is 1. The van der Waals surface area contributed by atoms with E-state index >= 15 is 0 Å². The first-order chi connectivity index (χ1) is 9.99. The molecule has 0 spiro atoms. The average Bonchev–Trinajstić information content (AvgIpc) is 2.45. The number of nitrogens with one attached hydrogen (secondary N) is 1. The molecule has 0 fully saturated rings. The number of aromatic hydroxyl groups is 1. The van der Waals surface area contributed by atoms with Crippen LogP contribution in [0.5, 0.6) is 5.75 Å². The maximum atomic E-state index is 9.58. The van der Waals surface area contributed by atoms with E-state index in [-0.39, 0.29) is 15.8 Å². The summed E-state index contributed by atoms with van der Waals surface area (Å²) in [6.45, 7) is 5.19. The Morgan fingerprint density at radius 3 is 2.14 bits per heavy atom. The first kappa shape index (κ1) is 16.0. The van der Waals surface area contributed by atoms with Crippen LogP contribution in [-0.2, 0) is 0 Å². The molecule has 4 heteroatoms. The molecule has 21 heavy (non-hydrogen) atoms. The fraction of sp³-hybridized carbons (Fsp3) is 0.294. The normalized spacial score (nSPS) is 12.4. The predicted octanol–water partition coefficient (Wildman–Crippen LogP) is 5.55. The number of hydrogen-bond acceptors (Lipinski definition) is 2. The van der Waals surface area contributed by atoms with Gasteiger partial charge in [0.15, 0.2) is 5.75 Å². The van der Waals surface area contributed by atoms with Crippen LogP contribution in [0.2, 0.25) is 10.0 Å². The molecule has 1 unspecified atom stereocenters. The number of phenols is 1. The fourth-order valence-corrected chi connectivity index (χ4v) is 2.82. The van der Waals surface area contributed by atoms with Crippen LogP contribution in [0.4, 0.5) is 5.69 Å². The molecule has 0 aromatic heterocycles. The van der Waals surface area contributed by atoms with Crippen LogP contribution < -0.4 is 5.32 Å². The lowest BCUT2D eigenvalue weighted by atomic mass is 9.88. The van der Waals surface area contributed by atoms with E-state index in [1.165, 1.54) is 5.56 Å². The molecule has 0 aliphatic rings. The van der Waals surface area contributed by atoms with Crippen molar-refractivity contribution in [2.45, 2.75) is 19.8 Å². The molecule has 0 amide bonds. The molecule has 2 rings (SSSR count). The summed E-state index contributed by atoms with van der Waals surface area (Å²) in [7, 11) is 0. The van der Waals surface area contributed by atoms with Crippen LogP contribution in [0, 0.1) is 5.92 Å². The molecule has 112 valence electrons. The zero-order valence-electron chi connectivity index (χ0n) is 12.1. The number of halogens is 2. The van der Waals surface area contributed by atoms with E-state index in [4.69, 9.17) is 23.2 Å². The first-order valence-electron chi connectivity index (χ1n) is 6.96. The van der Waals surface area contributed by atoms with E-state index in [1.807, 2.05) is 6.07 Å². The fourth-order valence-electron chi connectivity index (χ4n) is 2.33. The third-order valence-corrected chi connectivity index (χ3v) is 4.15. The van der Waals surface area contributed by atoms with Crippen LogP contribution in [-0.4, -0.2) is 11.7 Å². The molecule has 2 N–H and O–H groups in total. The molecule has 0 aliphatic heterocycles. The van der Waals surface area contributed by atoms with Crippen molar-refractivity contribution < 1.29 is 5.11 Å². The summed E-state index contributed by atoms with van der Waals surface area (Å²) in [6, 6.07) is 13.8. The van der Waals surface area contributed by atoms with Gasteiger partial charge in [-0.05, 0) is 23.6 Å². The zero-order valence-corrected chi connectivity index (χ0v) is 13.6. The summed E-state index contributed by atoms with van der Waals surface area (Å²) in [5, 5.41) is 13.4. The zero-order chi connectivity index (χ0) is 15.4. The molecule has 0 bridgehead atoms. The summed E-state index contributed by atoms with van der Waals surface area (Å²) in [5.74, 6) is 0.813. The van der Waals surface area contributed by atoms with E-state index < -0.39 is 0 Å². The van der Waals surface area contributed by atoms with Gasteiger partial charge in [0.05, 0.1) is 10.0 Å². The minimum atomic E-state index is -0.0765. The highest BCUT2D eigenvalue weighted by molar-refractivity contribution is 6.37. The Morgan fingerprint density at radius 2 is 1.62 bits per heavy atom. The van der Waals surface area contributed by atoms with E-state index in [2.05, 4.69) is 43.4 Å². The van der Waals surface area contributed by atoms with Crippen molar-refractivity contribution >= 4 is 28.9 Å². The maximum absolute atomic E-state index is 9.58. The van der Waals surface area contributed by atoms with E-state index in [1.54, 1.807) is 12.1 Å². The summed E-state index contributed by atoms with van der Waals surface area (Å²) >= 11 is 11.9. The number of benzene rings is 2. The average molecular weight is 324 g/mol. The monoisotopic (exact) mass is 323 g/mol. The lowest BCUT2D eigenvalue weighted by molar-refractivity contribution is 0.476. The molecule has 0 heterocycles. The third-order valence-electron chi connectivity index (χ3n) is 3.58. The Labute approximate surface area is 135 Å². The van der Waals surface area contributed by atoms with Crippen molar-refractivity contribution in [2.75, 3.05) is 11.9 Å². The van der Waals surface area contributed by atoms with Gasteiger partial charge < -0.3 is 10.4 Å². The van der Waals surface area contributed by atoms with Crippen molar-refractivity contribution in [3.63, 3.8) is 0 Å². The Balaban J connectivity index is 2.13. The van der Waals surface area contributed by atoms with Gasteiger partial charge in [-0.2, -0.15) is 0 Å². The Kier molecular flexibility index (Phi) is 5.38. The summed E-state index contributed by atoms with van der Waals surface area (Å²) in [4.78, 5) is 0. The molecular formula is C17H19Cl2NO. The first-order valence-corrected chi connectivity index (χ1v) is 7.71.